The zero-order chi connectivity index (χ0) is 18.9. The number of hydrogen-bond acceptors (Lipinski definition) is 2. The first-order chi connectivity index (χ1) is 11.1. The van der Waals surface area contributed by atoms with Crippen molar-refractivity contribution >= 4 is 42.8 Å². The Balaban J connectivity index is 5.78. The molecular formula is C18H29IN2O2Si. The summed E-state index contributed by atoms with van der Waals surface area (Å²) in [5.74, 6) is 2.56. The highest BCUT2D eigenvalue weighted by Gasteiger charge is 2.41. The minimum Gasteiger partial charge on any atom is -0.440 e. The molecule has 0 aliphatic heterocycles. The lowest BCUT2D eigenvalue weighted by Crippen LogP contribution is -2.43. The summed E-state index contributed by atoms with van der Waals surface area (Å²) < 4.78 is 7.31. The summed E-state index contributed by atoms with van der Waals surface area (Å²) in [4.78, 5) is 14.4. The lowest BCUT2D eigenvalue weighted by molar-refractivity contribution is -0.141. The van der Waals surface area contributed by atoms with Crippen molar-refractivity contribution in [3.8, 4) is 11.5 Å². The molecule has 0 aliphatic rings. The lowest BCUT2D eigenvalue weighted by Gasteiger charge is -2.38. The van der Waals surface area contributed by atoms with Crippen molar-refractivity contribution in [3.63, 3.8) is 0 Å². The Hall–Kier alpha value is -0.903. The number of carbonyl (C=O) groups excluding carboxylic acids is 1. The first kappa shape index (κ1) is 23.1. The van der Waals surface area contributed by atoms with Crippen molar-refractivity contribution in [1.29, 1.82) is 0 Å². The third kappa shape index (κ3) is 6.54. The molecule has 0 bridgehead atoms. The van der Waals surface area contributed by atoms with Crippen LogP contribution in [0.1, 0.15) is 54.9 Å². The number of hydrogen-bond donors (Lipinski definition) is 0. The van der Waals surface area contributed by atoms with Gasteiger partial charge in [-0.1, -0.05) is 75.6 Å². The molecule has 0 saturated carbocycles. The highest BCUT2D eigenvalue weighted by molar-refractivity contribution is 14.1. The van der Waals surface area contributed by atoms with Crippen LogP contribution in [0.5, 0.6) is 0 Å². The van der Waals surface area contributed by atoms with Gasteiger partial charge in [0, 0.05) is 6.42 Å². The van der Waals surface area contributed by atoms with Crippen molar-refractivity contribution in [2.45, 2.75) is 77.6 Å². The second kappa shape index (κ2) is 10.9. The number of ether oxygens (including phenoxy) is 1. The van der Waals surface area contributed by atoms with Gasteiger partial charge in [-0.15, -0.1) is 5.54 Å². The molecule has 6 heteroatoms. The van der Waals surface area contributed by atoms with Crippen LogP contribution in [0.3, 0.4) is 0 Å². The fraction of sp³-hybridized carbons (Fsp3) is 0.667. The van der Waals surface area contributed by atoms with Gasteiger partial charge in [0.25, 0.3) is 0 Å². The summed E-state index contributed by atoms with van der Waals surface area (Å²) in [5, 5.41) is 0. The van der Waals surface area contributed by atoms with Crippen LogP contribution in [0.25, 0.3) is 5.53 Å². The van der Waals surface area contributed by atoms with Crippen LogP contribution in [-0.4, -0.2) is 31.2 Å². The normalized spacial score (nSPS) is 13.4. The van der Waals surface area contributed by atoms with Gasteiger partial charge < -0.3 is 10.3 Å². The predicted octanol–water partition coefficient (Wildman–Crippen LogP) is 5.15. The van der Waals surface area contributed by atoms with Gasteiger partial charge in [-0.05, 0) is 27.6 Å². The molecule has 4 nitrogen and oxygen atoms in total. The summed E-state index contributed by atoms with van der Waals surface area (Å²) in [6, 6.07) is 0. The zero-order valence-corrected chi connectivity index (χ0v) is 18.9. The maximum atomic E-state index is 11.6. The minimum absolute atomic E-state index is 0.515. The minimum atomic E-state index is -1.88. The van der Waals surface area contributed by atoms with E-state index in [4.69, 9.17) is 10.3 Å². The van der Waals surface area contributed by atoms with E-state index in [1.165, 1.54) is 0 Å². The van der Waals surface area contributed by atoms with Crippen LogP contribution in [0.4, 0.5) is 0 Å². The van der Waals surface area contributed by atoms with Gasteiger partial charge in [-0.2, -0.15) is 4.79 Å². The van der Waals surface area contributed by atoms with Crippen LogP contribution in [0, 0.1) is 11.5 Å². The monoisotopic (exact) mass is 460 g/mol. The molecule has 0 amide bonds. The topological polar surface area (TPSA) is 62.7 Å². The molecule has 0 rings (SSSR count). The smallest absolute Gasteiger partial charge is 0.414 e. The first-order valence-electron chi connectivity index (χ1n) is 8.28. The van der Waals surface area contributed by atoms with E-state index in [-0.39, 0.29) is 0 Å². The number of esters is 1. The van der Waals surface area contributed by atoms with Crippen molar-refractivity contribution in [1.82, 2.24) is 0 Å². The van der Waals surface area contributed by atoms with E-state index in [1.54, 1.807) is 0 Å². The molecule has 0 unspecified atom stereocenters. The molecule has 0 fully saturated rings. The Kier molecular flexibility index (Phi) is 10.4. The molecule has 0 radical (unpaired) electrons. The van der Waals surface area contributed by atoms with Crippen molar-refractivity contribution in [2.24, 2.45) is 0 Å². The van der Waals surface area contributed by atoms with E-state index in [9.17, 15) is 4.79 Å². The van der Waals surface area contributed by atoms with Gasteiger partial charge in [0.15, 0.2) is 6.10 Å². The molecule has 0 N–H and O–H groups in total. The predicted molar refractivity (Wildman–Crippen MR) is 111 cm³/mol. The largest absolute Gasteiger partial charge is 0.440 e. The maximum absolute atomic E-state index is 11.6. The average molecular weight is 460 g/mol. The van der Waals surface area contributed by atoms with Crippen molar-refractivity contribution in [2.75, 3.05) is 0 Å². The van der Waals surface area contributed by atoms with Crippen molar-refractivity contribution < 1.29 is 14.3 Å². The number of rotatable bonds is 7. The SMILES string of the molecule is C/C(=C\I)C[C@H](C#C[Si](C(C)C)(C(C)C)C(C)C)OC(=O)C=[N+]=[N-]. The molecule has 0 aromatic heterocycles. The van der Waals surface area contributed by atoms with E-state index in [0.29, 0.717) is 23.0 Å². The number of halogens is 1. The van der Waals surface area contributed by atoms with Crippen LogP contribution >= 0.6 is 22.6 Å². The van der Waals surface area contributed by atoms with E-state index >= 15 is 0 Å². The molecule has 0 saturated heterocycles. The molecule has 0 spiro atoms. The molecule has 0 heterocycles. The molecular weight excluding hydrogens is 431 g/mol. The second-order valence-corrected chi connectivity index (χ2v) is 13.2. The van der Waals surface area contributed by atoms with Crippen molar-refractivity contribution in [3.05, 3.63) is 15.2 Å². The summed E-state index contributed by atoms with van der Waals surface area (Å²) in [6.07, 6.45) is 0.792. The highest BCUT2D eigenvalue weighted by Crippen LogP contribution is 2.40. The van der Waals surface area contributed by atoms with Gasteiger partial charge in [0.1, 0.15) is 8.07 Å². The third-order valence-corrected chi connectivity index (χ3v) is 11.8. The van der Waals surface area contributed by atoms with E-state index < -0.39 is 20.1 Å². The molecule has 134 valence electrons. The standard InChI is InChI=1S/C18H29IN2O2Si/c1-13(2)24(14(3)4,15(5)6)9-8-17(10-16(7)11-19)23-18(22)12-21-20/h11-15,17H,10H2,1-7H3/b16-11+/t17-/m0/s1. The van der Waals surface area contributed by atoms with Gasteiger partial charge >= 0.3 is 12.2 Å². The molecule has 24 heavy (non-hydrogen) atoms. The summed E-state index contributed by atoms with van der Waals surface area (Å²) >= 11 is 2.17. The van der Waals surface area contributed by atoms with Crippen LogP contribution < -0.4 is 0 Å². The quantitative estimate of drug-likeness (QED) is 0.100. The fourth-order valence-corrected chi connectivity index (χ4v) is 8.85. The molecule has 0 aromatic carbocycles. The Bertz CT molecular complexity index is 546. The molecule has 1 atom stereocenters. The lowest BCUT2D eigenvalue weighted by atomic mass is 10.1. The van der Waals surface area contributed by atoms with Crippen LogP contribution in [-0.2, 0) is 9.53 Å². The third-order valence-electron chi connectivity index (χ3n) is 4.43. The highest BCUT2D eigenvalue weighted by atomic mass is 127. The van der Waals surface area contributed by atoms with E-state index in [0.717, 1.165) is 11.8 Å². The number of carbonyl (C=O) groups is 1. The Morgan fingerprint density at radius 2 is 1.71 bits per heavy atom. The second-order valence-electron chi connectivity index (χ2n) is 7.00. The fourth-order valence-electron chi connectivity index (χ4n) is 3.32. The van der Waals surface area contributed by atoms with E-state index in [1.807, 2.05) is 11.0 Å². The molecule has 0 aliphatic carbocycles. The van der Waals surface area contributed by atoms with Gasteiger partial charge in [0.05, 0.1) is 0 Å². The van der Waals surface area contributed by atoms with Gasteiger partial charge in [-0.25, -0.2) is 4.79 Å². The van der Waals surface area contributed by atoms with Gasteiger partial charge in [-0.3, -0.25) is 0 Å². The number of nitrogens with zero attached hydrogens (tertiary/aromatic N) is 2. The zero-order valence-electron chi connectivity index (χ0n) is 15.8. The van der Waals surface area contributed by atoms with Crippen LogP contribution in [0.15, 0.2) is 9.66 Å². The summed E-state index contributed by atoms with van der Waals surface area (Å²) in [6.45, 7) is 15.5. The Morgan fingerprint density at radius 1 is 1.21 bits per heavy atom. The maximum Gasteiger partial charge on any atom is 0.414 e. The Labute approximate surface area is 161 Å². The Morgan fingerprint density at radius 3 is 2.08 bits per heavy atom. The first-order valence-corrected chi connectivity index (χ1v) is 11.8. The van der Waals surface area contributed by atoms with Gasteiger partial charge in [0.2, 0.25) is 0 Å². The summed E-state index contributed by atoms with van der Waals surface area (Å²) in [5.41, 5.74) is 14.7. The molecule has 0 aromatic rings. The van der Waals surface area contributed by atoms with E-state index in [2.05, 4.69) is 80.4 Å². The average Bonchev–Trinajstić information content (AvgIpc) is 2.46. The summed E-state index contributed by atoms with van der Waals surface area (Å²) in [7, 11) is -1.88. The van der Waals surface area contributed by atoms with Crippen LogP contribution in [0.2, 0.25) is 16.6 Å².